The number of hydrogen-bond acceptors (Lipinski definition) is 4. The fourth-order valence-electron chi connectivity index (χ4n) is 4.09. The lowest BCUT2D eigenvalue weighted by atomic mass is 10.0. The Kier molecular flexibility index (Phi) is 6.64. The maximum absolute atomic E-state index is 13.1. The van der Waals surface area contributed by atoms with Crippen molar-refractivity contribution in [1.29, 1.82) is 0 Å². The third-order valence-electron chi connectivity index (χ3n) is 5.88. The van der Waals surface area contributed by atoms with Crippen LogP contribution in [-0.4, -0.2) is 20.7 Å². The smallest absolute Gasteiger partial charge is 0.252 e. The van der Waals surface area contributed by atoms with Crippen molar-refractivity contribution >= 4 is 28.4 Å². The summed E-state index contributed by atoms with van der Waals surface area (Å²) in [7, 11) is 0. The molecule has 0 aliphatic heterocycles. The van der Waals surface area contributed by atoms with E-state index in [0.29, 0.717) is 11.4 Å². The first-order valence-corrected chi connectivity index (χ1v) is 12.5. The van der Waals surface area contributed by atoms with Crippen LogP contribution in [-0.2, 0) is 12.3 Å². The molecule has 0 fully saturated rings. The summed E-state index contributed by atoms with van der Waals surface area (Å²) < 4.78 is 2.03. The monoisotopic (exact) mass is 478 g/mol. The van der Waals surface area contributed by atoms with E-state index in [1.165, 1.54) is 16.7 Å². The van der Waals surface area contributed by atoms with Crippen LogP contribution in [0.25, 0.3) is 16.5 Å². The molecule has 0 bridgehead atoms. The predicted octanol–water partition coefficient (Wildman–Crippen LogP) is 6.26. The molecule has 1 amide bonds. The van der Waals surface area contributed by atoms with Gasteiger partial charge in [-0.2, -0.15) is 0 Å². The average Bonchev–Trinajstić information content (AvgIpc) is 3.29. The number of aromatic nitrogens is 3. The molecule has 1 heterocycles. The van der Waals surface area contributed by atoms with Crippen LogP contribution in [0.5, 0.6) is 0 Å². The third kappa shape index (κ3) is 5.12. The summed E-state index contributed by atoms with van der Waals surface area (Å²) in [6.45, 7) is 4.43. The minimum absolute atomic E-state index is 0.130. The summed E-state index contributed by atoms with van der Waals surface area (Å²) in [5.41, 5.74) is 5.28. The van der Waals surface area contributed by atoms with Crippen molar-refractivity contribution in [1.82, 2.24) is 20.1 Å². The summed E-state index contributed by atoms with van der Waals surface area (Å²) in [6, 6.07) is 30.4. The molecule has 0 aliphatic rings. The lowest BCUT2D eigenvalue weighted by Gasteiger charge is -2.12. The van der Waals surface area contributed by atoms with Crippen LogP contribution >= 0.6 is 11.8 Å². The molecule has 0 radical (unpaired) electrons. The molecule has 0 spiro atoms. The SMILES string of the molecule is Cc1ccc(-n2c(CNC(=O)c3cccc4ccccc34)nnc2SCc2cccc(C)c2)cc1. The number of aryl methyl sites for hydroxylation is 2. The Bertz CT molecular complexity index is 1490. The minimum atomic E-state index is -0.130. The molecule has 5 rings (SSSR count). The summed E-state index contributed by atoms with van der Waals surface area (Å²) in [5, 5.41) is 14.7. The van der Waals surface area contributed by atoms with Gasteiger partial charge in [-0.25, -0.2) is 0 Å². The van der Waals surface area contributed by atoms with E-state index in [4.69, 9.17) is 0 Å². The van der Waals surface area contributed by atoms with Crippen LogP contribution in [0.3, 0.4) is 0 Å². The van der Waals surface area contributed by atoms with Gasteiger partial charge in [-0.1, -0.05) is 95.7 Å². The first-order valence-electron chi connectivity index (χ1n) is 11.5. The number of hydrogen-bond donors (Lipinski definition) is 1. The average molecular weight is 479 g/mol. The van der Waals surface area contributed by atoms with Crippen LogP contribution in [0, 0.1) is 13.8 Å². The zero-order chi connectivity index (χ0) is 24.2. The van der Waals surface area contributed by atoms with E-state index < -0.39 is 0 Å². The van der Waals surface area contributed by atoms with Gasteiger partial charge in [0.1, 0.15) is 0 Å². The number of carbonyl (C=O) groups is 1. The molecule has 6 heteroatoms. The quantitative estimate of drug-likeness (QED) is 0.281. The van der Waals surface area contributed by atoms with Crippen LogP contribution in [0.1, 0.15) is 32.9 Å². The van der Waals surface area contributed by atoms with Crippen molar-refractivity contribution in [3.8, 4) is 5.69 Å². The van der Waals surface area contributed by atoms with Gasteiger partial charge in [0.15, 0.2) is 11.0 Å². The zero-order valence-electron chi connectivity index (χ0n) is 19.7. The zero-order valence-corrected chi connectivity index (χ0v) is 20.5. The van der Waals surface area contributed by atoms with Crippen LogP contribution in [0.15, 0.2) is 96.2 Å². The Morgan fingerprint density at radius 3 is 2.46 bits per heavy atom. The fraction of sp³-hybridized carbons (Fsp3) is 0.138. The molecule has 0 unspecified atom stereocenters. The second-order valence-electron chi connectivity index (χ2n) is 8.56. The number of nitrogens with zero attached hydrogens (tertiary/aromatic N) is 3. The van der Waals surface area contributed by atoms with Crippen molar-refractivity contribution in [2.75, 3.05) is 0 Å². The van der Waals surface area contributed by atoms with Crippen molar-refractivity contribution < 1.29 is 4.79 Å². The summed E-state index contributed by atoms with van der Waals surface area (Å²) >= 11 is 1.64. The van der Waals surface area contributed by atoms with Gasteiger partial charge in [-0.15, -0.1) is 10.2 Å². The molecule has 5 aromatic rings. The number of rotatable bonds is 7. The topological polar surface area (TPSA) is 59.8 Å². The van der Waals surface area contributed by atoms with E-state index in [1.807, 2.05) is 47.0 Å². The summed E-state index contributed by atoms with van der Waals surface area (Å²) in [6.07, 6.45) is 0. The van der Waals surface area contributed by atoms with Gasteiger partial charge < -0.3 is 5.32 Å². The standard InChI is InChI=1S/C29H26N4OS/c1-20-13-15-24(16-14-20)33-27(31-32-29(33)35-19-22-8-5-7-21(2)17-22)18-30-28(34)26-12-6-10-23-9-3-4-11-25(23)26/h3-17H,18-19H2,1-2H3,(H,30,34). The molecule has 0 saturated heterocycles. The first-order chi connectivity index (χ1) is 17.1. The molecule has 1 aromatic heterocycles. The highest BCUT2D eigenvalue weighted by Crippen LogP contribution is 2.26. The summed E-state index contributed by atoms with van der Waals surface area (Å²) in [5.74, 6) is 1.34. The van der Waals surface area contributed by atoms with E-state index in [2.05, 4.69) is 77.9 Å². The van der Waals surface area contributed by atoms with Crippen LogP contribution < -0.4 is 5.32 Å². The fourth-order valence-corrected chi connectivity index (χ4v) is 5.00. The molecule has 0 aliphatic carbocycles. The van der Waals surface area contributed by atoms with Gasteiger partial charge in [0.25, 0.3) is 5.91 Å². The van der Waals surface area contributed by atoms with Crippen molar-refractivity contribution in [2.45, 2.75) is 31.3 Å². The number of benzene rings is 4. The maximum atomic E-state index is 13.1. The number of nitrogens with one attached hydrogen (secondary N) is 1. The molecular weight excluding hydrogens is 452 g/mol. The van der Waals surface area contributed by atoms with Gasteiger partial charge in [-0.3, -0.25) is 9.36 Å². The molecule has 4 aromatic carbocycles. The molecule has 0 saturated carbocycles. The highest BCUT2D eigenvalue weighted by molar-refractivity contribution is 7.98. The van der Waals surface area contributed by atoms with Crippen molar-refractivity contribution in [2.24, 2.45) is 0 Å². The molecule has 174 valence electrons. The minimum Gasteiger partial charge on any atom is -0.345 e. The normalized spacial score (nSPS) is 11.0. The Labute approximate surface area is 209 Å². The van der Waals surface area contributed by atoms with Crippen LogP contribution in [0.2, 0.25) is 0 Å². The highest BCUT2D eigenvalue weighted by Gasteiger charge is 2.17. The Balaban J connectivity index is 1.41. The summed E-state index contributed by atoms with van der Waals surface area (Å²) in [4.78, 5) is 13.1. The number of fused-ring (bicyclic) bond motifs is 1. The second kappa shape index (κ2) is 10.2. The highest BCUT2D eigenvalue weighted by atomic mass is 32.2. The second-order valence-corrected chi connectivity index (χ2v) is 9.50. The van der Waals surface area contributed by atoms with Gasteiger partial charge in [0.2, 0.25) is 0 Å². The maximum Gasteiger partial charge on any atom is 0.252 e. The Morgan fingerprint density at radius 2 is 1.63 bits per heavy atom. The number of amides is 1. The number of thioether (sulfide) groups is 1. The molecule has 1 N–H and O–H groups in total. The van der Waals surface area contributed by atoms with E-state index in [9.17, 15) is 4.79 Å². The van der Waals surface area contributed by atoms with Gasteiger partial charge in [0, 0.05) is 17.0 Å². The van der Waals surface area contributed by atoms with Gasteiger partial charge >= 0.3 is 0 Å². The first kappa shape index (κ1) is 22.9. The largest absolute Gasteiger partial charge is 0.345 e. The predicted molar refractivity (Wildman–Crippen MR) is 142 cm³/mol. The van der Waals surface area contributed by atoms with E-state index in [1.54, 1.807) is 11.8 Å². The van der Waals surface area contributed by atoms with Crippen LogP contribution in [0.4, 0.5) is 0 Å². The van der Waals surface area contributed by atoms with Gasteiger partial charge in [0.05, 0.1) is 6.54 Å². The Morgan fingerprint density at radius 1 is 0.857 bits per heavy atom. The molecule has 35 heavy (non-hydrogen) atoms. The lowest BCUT2D eigenvalue weighted by Crippen LogP contribution is -2.25. The van der Waals surface area contributed by atoms with Crippen molar-refractivity contribution in [3.05, 3.63) is 119 Å². The van der Waals surface area contributed by atoms with E-state index >= 15 is 0 Å². The van der Waals surface area contributed by atoms with Crippen molar-refractivity contribution in [3.63, 3.8) is 0 Å². The molecule has 0 atom stereocenters. The molecular formula is C29H26N4OS. The van der Waals surface area contributed by atoms with E-state index in [-0.39, 0.29) is 12.5 Å². The Hall–Kier alpha value is -3.90. The van der Waals surface area contributed by atoms with Gasteiger partial charge in [-0.05, 0) is 48.4 Å². The van der Waals surface area contributed by atoms with E-state index in [0.717, 1.165) is 27.4 Å². The molecule has 5 nitrogen and oxygen atoms in total. The lowest BCUT2D eigenvalue weighted by molar-refractivity contribution is 0.0951. The third-order valence-corrected chi connectivity index (χ3v) is 6.88. The number of carbonyl (C=O) groups excluding carboxylic acids is 1.